The third-order valence-electron chi connectivity index (χ3n) is 5.23. The Hall–Kier alpha value is -2.38. The zero-order valence-corrected chi connectivity index (χ0v) is 16.4. The Morgan fingerprint density at radius 3 is 2.64 bits per heavy atom. The molecule has 1 unspecified atom stereocenters. The van der Waals surface area contributed by atoms with Crippen LogP contribution in [0.4, 0.5) is 5.82 Å². The topological polar surface area (TPSA) is 75.9 Å². The number of anilines is 1. The lowest BCUT2D eigenvalue weighted by atomic mass is 10.1. The summed E-state index contributed by atoms with van der Waals surface area (Å²) in [6.07, 6.45) is 3.20. The van der Waals surface area contributed by atoms with Gasteiger partial charge in [-0.05, 0) is 43.5 Å². The maximum absolute atomic E-state index is 12.9. The molecule has 0 saturated carbocycles. The number of amides is 1. The highest BCUT2D eigenvalue weighted by Crippen LogP contribution is 2.28. The largest absolute Gasteiger partial charge is 0.424 e. The van der Waals surface area contributed by atoms with Crippen LogP contribution in [0, 0.1) is 6.92 Å². The highest BCUT2D eigenvalue weighted by Gasteiger charge is 2.28. The van der Waals surface area contributed by atoms with Gasteiger partial charge in [0.2, 0.25) is 0 Å². The monoisotopic (exact) mass is 403 g/mol. The minimum absolute atomic E-state index is 0.111. The van der Waals surface area contributed by atoms with E-state index in [1.54, 1.807) is 30.2 Å². The van der Waals surface area contributed by atoms with Gasteiger partial charge in [-0.25, -0.2) is 9.78 Å². The number of hydrogen-bond acceptors (Lipinski definition) is 6. The van der Waals surface area contributed by atoms with Crippen molar-refractivity contribution in [3.63, 3.8) is 0 Å². The lowest BCUT2D eigenvalue weighted by molar-refractivity contribution is 0.0731. The maximum atomic E-state index is 12.9. The standard InChI is InChI=1S/C20H22ClN3O4/c1-13-11-16(15-3-2-10-27-15)28-20(26)18(13)19(25)24-8-6-23(7-9-24)17-5-4-14(21)12-22-17/h4-5,11-12,15H,2-3,6-10H2,1H3. The highest BCUT2D eigenvalue weighted by atomic mass is 35.5. The summed E-state index contributed by atoms with van der Waals surface area (Å²) in [5.41, 5.74) is 0.158. The molecule has 1 amide bonds. The molecule has 148 valence electrons. The van der Waals surface area contributed by atoms with Gasteiger partial charge in [-0.3, -0.25) is 4.79 Å². The smallest absolute Gasteiger partial charge is 0.349 e. The molecule has 2 aliphatic rings. The summed E-state index contributed by atoms with van der Waals surface area (Å²) in [4.78, 5) is 33.6. The van der Waals surface area contributed by atoms with Crippen molar-refractivity contribution in [1.29, 1.82) is 0 Å². The summed E-state index contributed by atoms with van der Waals surface area (Å²) in [7, 11) is 0. The van der Waals surface area contributed by atoms with Crippen molar-refractivity contribution in [3.05, 3.63) is 56.7 Å². The second-order valence-corrected chi connectivity index (χ2v) is 7.55. The van der Waals surface area contributed by atoms with Crippen molar-refractivity contribution in [2.75, 3.05) is 37.7 Å². The quantitative estimate of drug-likeness (QED) is 0.784. The SMILES string of the molecule is Cc1cc(C2CCCO2)oc(=O)c1C(=O)N1CCN(c2ccc(Cl)cn2)CC1. The molecule has 2 saturated heterocycles. The molecular formula is C20H22ClN3O4. The number of aryl methyl sites for hydroxylation is 1. The van der Waals surface area contributed by atoms with E-state index in [0.717, 1.165) is 18.7 Å². The minimum Gasteiger partial charge on any atom is -0.424 e. The Balaban J connectivity index is 1.46. The van der Waals surface area contributed by atoms with E-state index < -0.39 is 5.63 Å². The van der Waals surface area contributed by atoms with Gasteiger partial charge in [0.05, 0.1) is 5.02 Å². The lowest BCUT2D eigenvalue weighted by Gasteiger charge is -2.35. The molecule has 0 bridgehead atoms. The van der Waals surface area contributed by atoms with Gasteiger partial charge in [0, 0.05) is 39.0 Å². The number of aromatic nitrogens is 1. The normalized spacial score (nSPS) is 19.9. The minimum atomic E-state index is -0.586. The Kier molecular flexibility index (Phi) is 5.37. The number of nitrogens with zero attached hydrogens (tertiary/aromatic N) is 3. The van der Waals surface area contributed by atoms with Crippen molar-refractivity contribution in [2.45, 2.75) is 25.9 Å². The molecule has 0 spiro atoms. The molecule has 0 aliphatic carbocycles. The van der Waals surface area contributed by atoms with Crippen molar-refractivity contribution in [3.8, 4) is 0 Å². The van der Waals surface area contributed by atoms with E-state index in [1.807, 2.05) is 6.07 Å². The Labute approximate surface area is 167 Å². The van der Waals surface area contributed by atoms with Crippen LogP contribution in [-0.2, 0) is 4.74 Å². The van der Waals surface area contributed by atoms with Crippen molar-refractivity contribution < 1.29 is 13.9 Å². The number of carbonyl (C=O) groups is 1. The van der Waals surface area contributed by atoms with E-state index in [0.29, 0.717) is 49.1 Å². The van der Waals surface area contributed by atoms with Gasteiger partial charge in [-0.2, -0.15) is 0 Å². The molecule has 2 aromatic rings. The van der Waals surface area contributed by atoms with Gasteiger partial charge >= 0.3 is 5.63 Å². The Morgan fingerprint density at radius 1 is 1.25 bits per heavy atom. The first-order valence-corrected chi connectivity index (χ1v) is 9.83. The predicted octanol–water partition coefficient (Wildman–Crippen LogP) is 2.81. The number of halogens is 1. The van der Waals surface area contributed by atoms with Crippen LogP contribution in [0.15, 0.2) is 33.6 Å². The van der Waals surface area contributed by atoms with E-state index >= 15 is 0 Å². The average molecular weight is 404 g/mol. The van der Waals surface area contributed by atoms with E-state index in [2.05, 4.69) is 9.88 Å². The summed E-state index contributed by atoms with van der Waals surface area (Å²) in [5, 5.41) is 0.589. The Bertz CT molecular complexity index is 914. The number of hydrogen-bond donors (Lipinski definition) is 0. The summed E-state index contributed by atoms with van der Waals surface area (Å²) in [6.45, 7) is 4.74. The predicted molar refractivity (Wildman–Crippen MR) is 105 cm³/mol. The van der Waals surface area contributed by atoms with E-state index in [1.165, 1.54) is 0 Å². The van der Waals surface area contributed by atoms with Gasteiger partial charge in [0.15, 0.2) is 0 Å². The first-order chi connectivity index (χ1) is 13.5. The van der Waals surface area contributed by atoms with Crippen LogP contribution in [0.5, 0.6) is 0 Å². The summed E-state index contributed by atoms with van der Waals surface area (Å²) >= 11 is 5.89. The van der Waals surface area contributed by atoms with Crippen molar-refractivity contribution in [1.82, 2.24) is 9.88 Å². The second kappa shape index (κ2) is 7.93. The van der Waals surface area contributed by atoms with Crippen LogP contribution >= 0.6 is 11.6 Å². The molecule has 0 aromatic carbocycles. The molecule has 2 aliphatic heterocycles. The number of carbonyl (C=O) groups excluding carboxylic acids is 1. The van der Waals surface area contributed by atoms with E-state index in [9.17, 15) is 9.59 Å². The molecule has 7 nitrogen and oxygen atoms in total. The zero-order valence-electron chi connectivity index (χ0n) is 15.7. The van der Waals surface area contributed by atoms with Crippen LogP contribution in [0.3, 0.4) is 0 Å². The number of ether oxygens (including phenoxy) is 1. The fourth-order valence-corrected chi connectivity index (χ4v) is 3.81. The average Bonchev–Trinajstić information content (AvgIpc) is 3.23. The van der Waals surface area contributed by atoms with Gasteiger partial charge in [-0.1, -0.05) is 11.6 Å². The van der Waals surface area contributed by atoms with Gasteiger partial charge in [0.1, 0.15) is 23.2 Å². The third kappa shape index (κ3) is 3.77. The lowest BCUT2D eigenvalue weighted by Crippen LogP contribution is -2.50. The molecule has 4 heterocycles. The van der Waals surface area contributed by atoms with Crippen LogP contribution in [0.1, 0.15) is 40.6 Å². The molecule has 0 N–H and O–H groups in total. The molecular weight excluding hydrogens is 382 g/mol. The van der Waals surface area contributed by atoms with E-state index in [4.69, 9.17) is 20.8 Å². The van der Waals surface area contributed by atoms with Gasteiger partial charge < -0.3 is 19.0 Å². The number of pyridine rings is 1. The van der Waals surface area contributed by atoms with Crippen molar-refractivity contribution in [2.24, 2.45) is 0 Å². The molecule has 1 atom stereocenters. The fraction of sp³-hybridized carbons (Fsp3) is 0.450. The second-order valence-electron chi connectivity index (χ2n) is 7.11. The fourth-order valence-electron chi connectivity index (χ4n) is 3.70. The van der Waals surface area contributed by atoms with Crippen LogP contribution in [0.2, 0.25) is 5.02 Å². The molecule has 4 rings (SSSR count). The van der Waals surface area contributed by atoms with Gasteiger partial charge in [-0.15, -0.1) is 0 Å². The first-order valence-electron chi connectivity index (χ1n) is 9.45. The van der Waals surface area contributed by atoms with Crippen LogP contribution < -0.4 is 10.5 Å². The number of piperazine rings is 1. The van der Waals surface area contributed by atoms with Crippen LogP contribution in [-0.4, -0.2) is 48.6 Å². The summed E-state index contributed by atoms with van der Waals surface area (Å²) < 4.78 is 11.0. The highest BCUT2D eigenvalue weighted by molar-refractivity contribution is 6.30. The molecule has 2 aromatic heterocycles. The molecule has 0 radical (unpaired) electrons. The molecule has 2 fully saturated rings. The van der Waals surface area contributed by atoms with E-state index in [-0.39, 0.29) is 17.6 Å². The molecule has 8 heteroatoms. The zero-order chi connectivity index (χ0) is 19.7. The first kappa shape index (κ1) is 19.0. The number of rotatable bonds is 3. The van der Waals surface area contributed by atoms with Gasteiger partial charge in [0.25, 0.3) is 5.91 Å². The summed E-state index contributed by atoms with van der Waals surface area (Å²) in [6, 6.07) is 5.42. The van der Waals surface area contributed by atoms with Crippen molar-refractivity contribution >= 4 is 23.3 Å². The molecule has 28 heavy (non-hydrogen) atoms. The Morgan fingerprint density at radius 2 is 2.04 bits per heavy atom. The summed E-state index contributed by atoms with van der Waals surface area (Å²) in [5.74, 6) is 1.05. The third-order valence-corrected chi connectivity index (χ3v) is 5.45. The maximum Gasteiger partial charge on any atom is 0.349 e. The van der Waals surface area contributed by atoms with Crippen LogP contribution in [0.25, 0.3) is 0 Å².